The molecule has 0 unspecified atom stereocenters. The smallest absolute Gasteiger partial charge is 0.323 e. The van der Waals surface area contributed by atoms with Crippen molar-refractivity contribution in [1.29, 1.82) is 0 Å². The number of hydrogen-bond acceptors (Lipinski definition) is 4. The van der Waals surface area contributed by atoms with E-state index in [-0.39, 0.29) is 36.9 Å². The van der Waals surface area contributed by atoms with Crippen molar-refractivity contribution < 1.29 is 14.4 Å². The average Bonchev–Trinajstić information content (AvgIpc) is 3.15. The SMILES string of the molecule is CC(C)N=c1ccccn1C(=O)CCCN1C(=O)NC2(CCCC2)C1=O. The first-order valence-electron chi connectivity index (χ1n) is 9.32. The van der Waals surface area contributed by atoms with Gasteiger partial charge in [-0.2, -0.15) is 0 Å². The van der Waals surface area contributed by atoms with Gasteiger partial charge in [-0.05, 0) is 45.2 Å². The second kappa shape index (κ2) is 7.43. The fourth-order valence-corrected chi connectivity index (χ4v) is 3.72. The first kappa shape index (κ1) is 18.4. The summed E-state index contributed by atoms with van der Waals surface area (Å²) < 4.78 is 1.53. The predicted octanol–water partition coefficient (Wildman–Crippen LogP) is 2.08. The number of amides is 3. The maximum atomic E-state index is 12.6. The van der Waals surface area contributed by atoms with Crippen LogP contribution in [0.5, 0.6) is 0 Å². The van der Waals surface area contributed by atoms with Gasteiger partial charge in [-0.15, -0.1) is 0 Å². The molecular formula is C19H26N4O3. The standard InChI is InChI=1S/C19H26N4O3/c1-14(2)20-15-8-3-6-12-22(15)16(24)9-7-13-23-17(25)19(21-18(23)26)10-4-5-11-19/h3,6,8,12,14H,4-5,7,9-11,13H2,1-2H3,(H,21,26). The van der Waals surface area contributed by atoms with Gasteiger partial charge in [0.15, 0.2) is 0 Å². The number of urea groups is 1. The van der Waals surface area contributed by atoms with Crippen LogP contribution < -0.4 is 10.8 Å². The molecule has 2 aliphatic rings. The predicted molar refractivity (Wildman–Crippen MR) is 96.4 cm³/mol. The Balaban J connectivity index is 1.61. The molecule has 1 saturated heterocycles. The molecule has 3 amide bonds. The molecular weight excluding hydrogens is 332 g/mol. The van der Waals surface area contributed by atoms with E-state index in [4.69, 9.17) is 0 Å². The Morgan fingerprint density at radius 2 is 2.00 bits per heavy atom. The van der Waals surface area contributed by atoms with Crippen molar-refractivity contribution in [3.63, 3.8) is 0 Å². The van der Waals surface area contributed by atoms with Crippen molar-refractivity contribution in [1.82, 2.24) is 14.8 Å². The zero-order valence-electron chi connectivity index (χ0n) is 15.4. The molecule has 0 bridgehead atoms. The summed E-state index contributed by atoms with van der Waals surface area (Å²) in [5, 5.41) is 2.86. The molecule has 1 aromatic rings. The average molecular weight is 358 g/mol. The molecule has 2 heterocycles. The molecule has 2 fully saturated rings. The molecule has 3 rings (SSSR count). The van der Waals surface area contributed by atoms with Crippen molar-refractivity contribution in [2.24, 2.45) is 4.99 Å². The van der Waals surface area contributed by atoms with Crippen LogP contribution in [0.4, 0.5) is 4.79 Å². The molecule has 1 saturated carbocycles. The Labute approximate surface area is 153 Å². The second-order valence-corrected chi connectivity index (χ2v) is 7.33. The van der Waals surface area contributed by atoms with Gasteiger partial charge in [-0.1, -0.05) is 18.9 Å². The molecule has 140 valence electrons. The fourth-order valence-electron chi connectivity index (χ4n) is 3.72. The molecule has 1 aliphatic carbocycles. The van der Waals surface area contributed by atoms with Gasteiger partial charge < -0.3 is 5.32 Å². The lowest BCUT2D eigenvalue weighted by molar-refractivity contribution is -0.131. The number of nitrogens with one attached hydrogen (secondary N) is 1. The van der Waals surface area contributed by atoms with Crippen LogP contribution in [0.3, 0.4) is 0 Å². The molecule has 26 heavy (non-hydrogen) atoms. The van der Waals surface area contributed by atoms with E-state index in [1.165, 1.54) is 9.47 Å². The van der Waals surface area contributed by atoms with Crippen LogP contribution in [-0.2, 0) is 4.79 Å². The number of nitrogens with zero attached hydrogens (tertiary/aromatic N) is 3. The Bertz CT molecular complexity index is 775. The minimum Gasteiger partial charge on any atom is -0.323 e. The van der Waals surface area contributed by atoms with Crippen LogP contribution in [0.25, 0.3) is 0 Å². The number of imide groups is 1. The minimum atomic E-state index is -0.682. The summed E-state index contributed by atoms with van der Waals surface area (Å²) in [6, 6.07) is 5.20. The lowest BCUT2D eigenvalue weighted by Crippen LogP contribution is -2.44. The zero-order valence-corrected chi connectivity index (χ0v) is 15.4. The summed E-state index contributed by atoms with van der Waals surface area (Å²) in [6.07, 6.45) is 5.75. The van der Waals surface area contributed by atoms with Gasteiger partial charge in [0.05, 0.1) is 0 Å². The number of rotatable bonds is 5. The Morgan fingerprint density at radius 3 is 2.69 bits per heavy atom. The Morgan fingerprint density at radius 1 is 1.27 bits per heavy atom. The molecule has 0 radical (unpaired) electrons. The third kappa shape index (κ3) is 3.57. The third-order valence-corrected chi connectivity index (χ3v) is 4.97. The number of carbonyl (C=O) groups is 3. The maximum Gasteiger partial charge on any atom is 0.325 e. The molecule has 1 N–H and O–H groups in total. The monoisotopic (exact) mass is 358 g/mol. The van der Waals surface area contributed by atoms with E-state index in [0.717, 1.165) is 12.8 Å². The lowest BCUT2D eigenvalue weighted by atomic mass is 9.98. The molecule has 1 spiro atoms. The Hall–Kier alpha value is -2.44. The van der Waals surface area contributed by atoms with Gasteiger partial charge in [0, 0.05) is 25.2 Å². The van der Waals surface area contributed by atoms with Crippen LogP contribution in [0, 0.1) is 0 Å². The van der Waals surface area contributed by atoms with E-state index < -0.39 is 5.54 Å². The normalized spacial score (nSPS) is 19.7. The van der Waals surface area contributed by atoms with Gasteiger partial charge >= 0.3 is 6.03 Å². The lowest BCUT2D eigenvalue weighted by Gasteiger charge is -2.19. The van der Waals surface area contributed by atoms with E-state index in [1.54, 1.807) is 18.3 Å². The summed E-state index contributed by atoms with van der Waals surface area (Å²) in [7, 11) is 0. The number of hydrogen-bond donors (Lipinski definition) is 1. The van der Waals surface area contributed by atoms with Crippen LogP contribution >= 0.6 is 0 Å². The highest BCUT2D eigenvalue weighted by Gasteiger charge is 2.51. The van der Waals surface area contributed by atoms with Crippen LogP contribution in [0.2, 0.25) is 0 Å². The van der Waals surface area contributed by atoms with Gasteiger partial charge in [0.2, 0.25) is 5.91 Å². The minimum absolute atomic E-state index is 0.0879. The second-order valence-electron chi connectivity index (χ2n) is 7.33. The van der Waals surface area contributed by atoms with Crippen molar-refractivity contribution in [2.45, 2.75) is 64.0 Å². The van der Waals surface area contributed by atoms with Crippen LogP contribution in [0.1, 0.15) is 57.2 Å². The van der Waals surface area contributed by atoms with Crippen molar-refractivity contribution >= 4 is 17.8 Å². The van der Waals surface area contributed by atoms with Crippen molar-refractivity contribution in [3.8, 4) is 0 Å². The van der Waals surface area contributed by atoms with E-state index in [2.05, 4.69) is 10.3 Å². The summed E-state index contributed by atoms with van der Waals surface area (Å²) in [6.45, 7) is 4.18. The first-order valence-corrected chi connectivity index (χ1v) is 9.32. The first-order chi connectivity index (χ1) is 12.4. The highest BCUT2D eigenvalue weighted by molar-refractivity contribution is 6.07. The number of carbonyl (C=O) groups excluding carboxylic acids is 3. The zero-order chi connectivity index (χ0) is 18.7. The molecule has 0 aromatic carbocycles. The molecule has 7 nitrogen and oxygen atoms in total. The number of pyridine rings is 1. The van der Waals surface area contributed by atoms with Crippen molar-refractivity contribution in [2.75, 3.05) is 6.54 Å². The fraction of sp³-hybridized carbons (Fsp3) is 0.579. The highest BCUT2D eigenvalue weighted by Crippen LogP contribution is 2.35. The summed E-state index contributed by atoms with van der Waals surface area (Å²) in [5.74, 6) is -0.219. The van der Waals surface area contributed by atoms with Crippen LogP contribution in [-0.4, -0.2) is 45.4 Å². The number of aromatic nitrogens is 1. The quantitative estimate of drug-likeness (QED) is 0.818. The van der Waals surface area contributed by atoms with E-state index in [9.17, 15) is 14.4 Å². The van der Waals surface area contributed by atoms with Gasteiger partial charge in [-0.3, -0.25) is 24.0 Å². The van der Waals surface area contributed by atoms with Gasteiger partial charge in [0.25, 0.3) is 5.91 Å². The molecule has 1 aromatic heterocycles. The Kier molecular flexibility index (Phi) is 5.25. The molecule has 1 aliphatic heterocycles. The molecule has 0 atom stereocenters. The van der Waals surface area contributed by atoms with E-state index in [1.807, 2.05) is 19.9 Å². The topological polar surface area (TPSA) is 83.8 Å². The summed E-state index contributed by atoms with van der Waals surface area (Å²) >= 11 is 0. The summed E-state index contributed by atoms with van der Waals surface area (Å²) in [5.41, 5.74) is -0.0640. The van der Waals surface area contributed by atoms with E-state index >= 15 is 0 Å². The largest absolute Gasteiger partial charge is 0.325 e. The third-order valence-electron chi connectivity index (χ3n) is 4.97. The maximum absolute atomic E-state index is 12.6. The van der Waals surface area contributed by atoms with Gasteiger partial charge in [-0.25, -0.2) is 4.79 Å². The van der Waals surface area contributed by atoms with E-state index in [0.29, 0.717) is 24.8 Å². The van der Waals surface area contributed by atoms with Gasteiger partial charge in [0.1, 0.15) is 11.0 Å². The van der Waals surface area contributed by atoms with Crippen LogP contribution in [0.15, 0.2) is 29.4 Å². The molecule has 7 heteroatoms. The van der Waals surface area contributed by atoms with Crippen molar-refractivity contribution in [3.05, 3.63) is 29.9 Å². The summed E-state index contributed by atoms with van der Waals surface area (Å²) in [4.78, 5) is 43.0. The highest BCUT2D eigenvalue weighted by atomic mass is 16.2.